The summed E-state index contributed by atoms with van der Waals surface area (Å²) in [7, 11) is -2.25. The zero-order chi connectivity index (χ0) is 10.7. The van der Waals surface area contributed by atoms with Gasteiger partial charge < -0.3 is 0 Å². The van der Waals surface area contributed by atoms with Crippen molar-refractivity contribution in [2.75, 3.05) is 0 Å². The van der Waals surface area contributed by atoms with Crippen LogP contribution in [-0.4, -0.2) is 16.1 Å². The molecule has 0 radical (unpaired) electrons. The van der Waals surface area contributed by atoms with E-state index in [0.717, 1.165) is 0 Å². The standard InChI is InChI=1S/C11H22Si2/c1-11(10-13(5,6)7)8-9-12(2,3)4/h10H,1-7H3/b11-10+. The van der Waals surface area contributed by atoms with E-state index in [4.69, 9.17) is 0 Å². The largest absolute Gasteiger partial charge is 0.129 e. The topological polar surface area (TPSA) is 0 Å². The van der Waals surface area contributed by atoms with Crippen molar-refractivity contribution in [3.63, 3.8) is 0 Å². The summed E-state index contributed by atoms with van der Waals surface area (Å²) in [5, 5.41) is 0. The molecule has 0 rings (SSSR count). The summed E-state index contributed by atoms with van der Waals surface area (Å²) in [6, 6.07) is 0. The van der Waals surface area contributed by atoms with E-state index in [0.29, 0.717) is 0 Å². The van der Waals surface area contributed by atoms with Gasteiger partial charge in [-0.1, -0.05) is 50.9 Å². The van der Waals surface area contributed by atoms with Gasteiger partial charge in [0.25, 0.3) is 0 Å². The van der Waals surface area contributed by atoms with Gasteiger partial charge in [-0.25, -0.2) is 0 Å². The molecule has 0 N–H and O–H groups in total. The minimum Gasteiger partial charge on any atom is -0.127 e. The first-order chi connectivity index (χ1) is 5.60. The van der Waals surface area contributed by atoms with Crippen LogP contribution in [-0.2, 0) is 0 Å². The second-order valence-corrected chi connectivity index (χ2v) is 15.5. The molecule has 0 saturated heterocycles. The molecule has 74 valence electrons. The van der Waals surface area contributed by atoms with Crippen LogP contribution in [0.15, 0.2) is 11.3 Å². The Morgan fingerprint density at radius 1 is 1.00 bits per heavy atom. The molecule has 0 nitrogen and oxygen atoms in total. The summed E-state index contributed by atoms with van der Waals surface area (Å²) >= 11 is 0. The van der Waals surface area contributed by atoms with Gasteiger partial charge >= 0.3 is 0 Å². The Balaban J connectivity index is 4.54. The van der Waals surface area contributed by atoms with Crippen LogP contribution in [0, 0.1) is 11.5 Å². The second kappa shape index (κ2) is 4.30. The predicted octanol–water partition coefficient (Wildman–Crippen LogP) is 3.69. The van der Waals surface area contributed by atoms with Crippen LogP contribution in [0.5, 0.6) is 0 Å². The Morgan fingerprint density at radius 2 is 1.46 bits per heavy atom. The van der Waals surface area contributed by atoms with Gasteiger partial charge in [0.1, 0.15) is 8.07 Å². The van der Waals surface area contributed by atoms with Crippen molar-refractivity contribution in [1.82, 2.24) is 0 Å². The molecule has 0 aromatic rings. The van der Waals surface area contributed by atoms with Crippen LogP contribution in [0.2, 0.25) is 39.3 Å². The first-order valence-electron chi connectivity index (χ1n) is 4.83. The molecule has 0 amide bonds. The van der Waals surface area contributed by atoms with E-state index in [9.17, 15) is 0 Å². The molecular weight excluding hydrogens is 188 g/mol. The molecular formula is C11H22Si2. The van der Waals surface area contributed by atoms with Crippen molar-refractivity contribution in [2.45, 2.75) is 46.2 Å². The summed E-state index contributed by atoms with van der Waals surface area (Å²) in [5.74, 6) is 3.29. The number of rotatable bonds is 1. The highest BCUT2D eigenvalue weighted by atomic mass is 28.3. The van der Waals surface area contributed by atoms with Crippen LogP contribution in [0.1, 0.15) is 6.92 Å². The lowest BCUT2D eigenvalue weighted by atomic mass is 10.4. The van der Waals surface area contributed by atoms with Gasteiger partial charge in [0.15, 0.2) is 0 Å². The second-order valence-electron chi connectivity index (χ2n) is 5.69. The third-order valence-corrected chi connectivity index (χ3v) is 3.46. The third kappa shape index (κ3) is 9.65. The van der Waals surface area contributed by atoms with Crippen LogP contribution in [0.4, 0.5) is 0 Å². The Bertz CT molecular complexity index is 251. The summed E-state index contributed by atoms with van der Waals surface area (Å²) in [4.78, 5) is 0. The minimum absolute atomic E-state index is 1.07. The summed E-state index contributed by atoms with van der Waals surface area (Å²) < 4.78 is 0. The highest BCUT2D eigenvalue weighted by Gasteiger charge is 2.09. The van der Waals surface area contributed by atoms with Crippen LogP contribution < -0.4 is 0 Å². The fraction of sp³-hybridized carbons (Fsp3) is 0.636. The van der Waals surface area contributed by atoms with E-state index >= 15 is 0 Å². The number of hydrogen-bond donors (Lipinski definition) is 0. The molecule has 0 atom stereocenters. The molecule has 0 fully saturated rings. The van der Waals surface area contributed by atoms with Gasteiger partial charge in [-0.2, -0.15) is 0 Å². The molecule has 0 saturated carbocycles. The SMILES string of the molecule is C/C(C#C[Si](C)(C)C)=C\[Si](C)(C)C. The molecule has 0 heterocycles. The highest BCUT2D eigenvalue weighted by Crippen LogP contribution is 2.06. The zero-order valence-electron chi connectivity index (χ0n) is 10.1. The molecule has 0 aromatic carbocycles. The van der Waals surface area contributed by atoms with Crippen molar-refractivity contribution in [3.05, 3.63) is 11.3 Å². The fourth-order valence-corrected chi connectivity index (χ4v) is 2.92. The average Bonchev–Trinajstić information content (AvgIpc) is 1.78. The average molecular weight is 210 g/mol. The van der Waals surface area contributed by atoms with Crippen molar-refractivity contribution in [3.8, 4) is 11.5 Å². The van der Waals surface area contributed by atoms with E-state index in [1.54, 1.807) is 0 Å². The van der Waals surface area contributed by atoms with E-state index < -0.39 is 16.1 Å². The number of allylic oxidation sites excluding steroid dienone is 1. The van der Waals surface area contributed by atoms with Gasteiger partial charge in [0.2, 0.25) is 0 Å². The minimum atomic E-state index is -1.18. The fourth-order valence-electron chi connectivity index (χ4n) is 0.972. The van der Waals surface area contributed by atoms with Crippen LogP contribution in [0.3, 0.4) is 0 Å². The van der Waals surface area contributed by atoms with Crippen LogP contribution >= 0.6 is 0 Å². The number of hydrogen-bond acceptors (Lipinski definition) is 0. The van der Waals surface area contributed by atoms with Crippen molar-refractivity contribution < 1.29 is 0 Å². The molecule has 0 bridgehead atoms. The van der Waals surface area contributed by atoms with Gasteiger partial charge in [-0.3, -0.25) is 0 Å². The molecule has 0 unspecified atom stereocenters. The molecule has 0 aliphatic heterocycles. The molecule has 0 spiro atoms. The van der Waals surface area contributed by atoms with Gasteiger partial charge in [-0.15, -0.1) is 5.54 Å². The van der Waals surface area contributed by atoms with Crippen molar-refractivity contribution >= 4 is 16.1 Å². The first kappa shape index (κ1) is 12.7. The quantitative estimate of drug-likeness (QED) is 0.457. The first-order valence-corrected chi connectivity index (χ1v) is 11.9. The third-order valence-electron chi connectivity index (χ3n) is 1.28. The smallest absolute Gasteiger partial charge is 0.127 e. The maximum atomic E-state index is 3.39. The normalized spacial score (nSPS) is 13.6. The predicted molar refractivity (Wildman–Crippen MR) is 68.2 cm³/mol. The lowest BCUT2D eigenvalue weighted by molar-refractivity contribution is 1.57. The Hall–Kier alpha value is -0.266. The zero-order valence-corrected chi connectivity index (χ0v) is 12.1. The highest BCUT2D eigenvalue weighted by molar-refractivity contribution is 6.84. The maximum Gasteiger partial charge on any atom is 0.129 e. The van der Waals surface area contributed by atoms with E-state index in [1.807, 2.05) is 0 Å². The maximum absolute atomic E-state index is 3.39. The summed E-state index contributed by atoms with van der Waals surface area (Å²) in [6.45, 7) is 16.0. The molecule has 0 aromatic heterocycles. The molecule has 0 aliphatic carbocycles. The monoisotopic (exact) mass is 210 g/mol. The molecule has 13 heavy (non-hydrogen) atoms. The Labute approximate surface area is 85.5 Å². The van der Waals surface area contributed by atoms with Gasteiger partial charge in [0.05, 0.1) is 8.07 Å². The van der Waals surface area contributed by atoms with Gasteiger partial charge in [0, 0.05) is 0 Å². The summed E-state index contributed by atoms with van der Waals surface area (Å²) in [6.07, 6.45) is 0. The Kier molecular flexibility index (Phi) is 4.21. The van der Waals surface area contributed by atoms with E-state index in [2.05, 4.69) is 63.4 Å². The van der Waals surface area contributed by atoms with Gasteiger partial charge in [-0.05, 0) is 12.5 Å². The molecule has 0 aliphatic rings. The summed E-state index contributed by atoms with van der Waals surface area (Å²) in [5.41, 5.74) is 7.03. The lowest BCUT2D eigenvalue weighted by Crippen LogP contribution is -2.17. The molecule has 2 heteroatoms. The van der Waals surface area contributed by atoms with Crippen molar-refractivity contribution in [2.24, 2.45) is 0 Å². The van der Waals surface area contributed by atoms with Crippen molar-refractivity contribution in [1.29, 1.82) is 0 Å². The van der Waals surface area contributed by atoms with E-state index in [-0.39, 0.29) is 0 Å². The lowest BCUT2D eigenvalue weighted by Gasteiger charge is -2.09. The Morgan fingerprint density at radius 3 is 1.77 bits per heavy atom. The van der Waals surface area contributed by atoms with Crippen LogP contribution in [0.25, 0.3) is 0 Å². The van der Waals surface area contributed by atoms with E-state index in [1.165, 1.54) is 5.57 Å².